The van der Waals surface area contributed by atoms with Gasteiger partial charge in [-0.2, -0.15) is 0 Å². The van der Waals surface area contributed by atoms with Crippen molar-refractivity contribution in [2.45, 2.75) is 33.1 Å². The van der Waals surface area contributed by atoms with Crippen LogP contribution < -0.4 is 15.4 Å². The van der Waals surface area contributed by atoms with Gasteiger partial charge in [0.1, 0.15) is 5.75 Å². The van der Waals surface area contributed by atoms with E-state index in [2.05, 4.69) is 17.6 Å². The number of benzene rings is 2. The van der Waals surface area contributed by atoms with Crippen LogP contribution >= 0.6 is 0 Å². The number of hydrogen-bond donors (Lipinski definition) is 4. The predicted octanol–water partition coefficient (Wildman–Crippen LogP) is 3.95. The minimum atomic E-state index is -0.301. The molecule has 26 heavy (non-hydrogen) atoms. The largest absolute Gasteiger partial charge is 0.504 e. The number of aromatic hydroxyl groups is 2. The van der Waals surface area contributed by atoms with Crippen LogP contribution in [0.1, 0.15) is 30.9 Å². The van der Waals surface area contributed by atoms with E-state index in [1.54, 1.807) is 12.1 Å². The van der Waals surface area contributed by atoms with Gasteiger partial charge in [-0.3, -0.25) is 0 Å². The Hall–Kier alpha value is -2.89. The highest BCUT2D eigenvalue weighted by atomic mass is 16.5. The molecule has 0 aromatic heterocycles. The zero-order chi connectivity index (χ0) is 18.9. The SMILES string of the molecule is CCCCOc1ccc(NC(=O)NCCc2cc(O)c(O)cc2C)cc1. The van der Waals surface area contributed by atoms with Gasteiger partial charge in [0.05, 0.1) is 6.61 Å². The molecule has 0 aliphatic carbocycles. The quantitative estimate of drug-likeness (QED) is 0.425. The Bertz CT molecular complexity index is 729. The number of amides is 2. The number of anilines is 1. The third-order valence-electron chi connectivity index (χ3n) is 3.99. The molecular weight excluding hydrogens is 332 g/mol. The average Bonchev–Trinajstić information content (AvgIpc) is 2.61. The molecular formula is C20H26N2O4. The monoisotopic (exact) mass is 358 g/mol. The van der Waals surface area contributed by atoms with Gasteiger partial charge in [-0.15, -0.1) is 0 Å². The lowest BCUT2D eigenvalue weighted by Gasteiger charge is -2.11. The molecule has 2 aromatic carbocycles. The number of rotatable bonds is 8. The van der Waals surface area contributed by atoms with E-state index in [0.29, 0.717) is 25.3 Å². The Kier molecular flexibility index (Phi) is 7.14. The van der Waals surface area contributed by atoms with E-state index in [9.17, 15) is 15.0 Å². The first-order chi connectivity index (χ1) is 12.5. The topological polar surface area (TPSA) is 90.8 Å². The molecule has 140 valence electrons. The molecule has 6 nitrogen and oxygen atoms in total. The number of carbonyl (C=O) groups is 1. The second kappa shape index (κ2) is 9.56. The number of carbonyl (C=O) groups excluding carboxylic acids is 1. The molecule has 0 bridgehead atoms. The van der Waals surface area contributed by atoms with Crippen molar-refractivity contribution in [3.8, 4) is 17.2 Å². The standard InChI is InChI=1S/C20H26N2O4/c1-3-4-11-26-17-7-5-16(6-8-17)22-20(25)21-10-9-15-13-19(24)18(23)12-14(15)2/h5-8,12-13,23-24H,3-4,9-11H2,1-2H3,(H2,21,22,25). The number of hydrogen-bond acceptors (Lipinski definition) is 4. The molecule has 4 N–H and O–H groups in total. The maximum Gasteiger partial charge on any atom is 0.319 e. The molecule has 0 radical (unpaired) electrons. The summed E-state index contributed by atoms with van der Waals surface area (Å²) in [7, 11) is 0. The zero-order valence-electron chi connectivity index (χ0n) is 15.2. The molecule has 0 fully saturated rings. The van der Waals surface area contributed by atoms with E-state index in [-0.39, 0.29) is 17.5 Å². The predicted molar refractivity (Wildman–Crippen MR) is 102 cm³/mol. The lowest BCUT2D eigenvalue weighted by Crippen LogP contribution is -2.30. The highest BCUT2D eigenvalue weighted by molar-refractivity contribution is 5.89. The maximum atomic E-state index is 12.0. The van der Waals surface area contributed by atoms with Crippen LogP contribution in [0.15, 0.2) is 36.4 Å². The van der Waals surface area contributed by atoms with Crippen molar-refractivity contribution in [1.82, 2.24) is 5.32 Å². The molecule has 0 heterocycles. The Morgan fingerprint density at radius 3 is 2.50 bits per heavy atom. The van der Waals surface area contributed by atoms with Crippen LogP contribution in [0.5, 0.6) is 17.2 Å². The van der Waals surface area contributed by atoms with Crippen LogP contribution in [0, 0.1) is 6.92 Å². The molecule has 2 amide bonds. The van der Waals surface area contributed by atoms with Crippen molar-refractivity contribution >= 4 is 11.7 Å². The summed E-state index contributed by atoms with van der Waals surface area (Å²) in [6.45, 7) is 5.06. The smallest absolute Gasteiger partial charge is 0.319 e. The molecule has 0 saturated heterocycles. The minimum absolute atomic E-state index is 0.140. The van der Waals surface area contributed by atoms with E-state index < -0.39 is 0 Å². The van der Waals surface area contributed by atoms with Crippen molar-refractivity contribution in [2.24, 2.45) is 0 Å². The third-order valence-corrected chi connectivity index (χ3v) is 3.99. The lowest BCUT2D eigenvalue weighted by atomic mass is 10.0. The van der Waals surface area contributed by atoms with E-state index in [1.807, 2.05) is 19.1 Å². The number of unbranched alkanes of at least 4 members (excludes halogenated alkanes) is 1. The lowest BCUT2D eigenvalue weighted by molar-refractivity contribution is 0.252. The van der Waals surface area contributed by atoms with Crippen molar-refractivity contribution in [3.05, 3.63) is 47.5 Å². The normalized spacial score (nSPS) is 10.4. The molecule has 0 unspecified atom stereocenters. The van der Waals surface area contributed by atoms with Crippen LogP contribution in [0.2, 0.25) is 0 Å². The van der Waals surface area contributed by atoms with Crippen LogP contribution in [0.3, 0.4) is 0 Å². The summed E-state index contributed by atoms with van der Waals surface area (Å²) >= 11 is 0. The van der Waals surface area contributed by atoms with Gasteiger partial charge in [-0.1, -0.05) is 13.3 Å². The van der Waals surface area contributed by atoms with Gasteiger partial charge in [-0.05, 0) is 67.3 Å². The third kappa shape index (κ3) is 5.88. The van der Waals surface area contributed by atoms with Gasteiger partial charge in [0.2, 0.25) is 0 Å². The van der Waals surface area contributed by atoms with Crippen molar-refractivity contribution in [2.75, 3.05) is 18.5 Å². The van der Waals surface area contributed by atoms with Gasteiger partial charge < -0.3 is 25.6 Å². The Labute approximate surface area is 153 Å². The van der Waals surface area contributed by atoms with Crippen LogP contribution in [-0.2, 0) is 6.42 Å². The van der Waals surface area contributed by atoms with E-state index in [1.165, 1.54) is 12.1 Å². The van der Waals surface area contributed by atoms with Gasteiger partial charge in [-0.25, -0.2) is 4.79 Å². The summed E-state index contributed by atoms with van der Waals surface area (Å²) < 4.78 is 5.58. The van der Waals surface area contributed by atoms with E-state index in [0.717, 1.165) is 29.7 Å². The highest BCUT2D eigenvalue weighted by Gasteiger charge is 2.07. The van der Waals surface area contributed by atoms with E-state index in [4.69, 9.17) is 4.74 Å². The summed E-state index contributed by atoms with van der Waals surface area (Å²) in [5.74, 6) is 0.488. The minimum Gasteiger partial charge on any atom is -0.504 e. The summed E-state index contributed by atoms with van der Waals surface area (Å²) in [5.41, 5.74) is 2.42. The summed E-state index contributed by atoms with van der Waals surface area (Å²) in [5, 5.41) is 24.5. The number of ether oxygens (including phenoxy) is 1. The zero-order valence-corrected chi connectivity index (χ0v) is 15.2. The van der Waals surface area contributed by atoms with Crippen molar-refractivity contribution in [3.63, 3.8) is 0 Å². The fourth-order valence-electron chi connectivity index (χ4n) is 2.45. The Morgan fingerprint density at radius 1 is 1.12 bits per heavy atom. The first-order valence-electron chi connectivity index (χ1n) is 8.78. The van der Waals surface area contributed by atoms with Crippen LogP contribution in [0.25, 0.3) is 0 Å². The molecule has 0 atom stereocenters. The molecule has 6 heteroatoms. The number of urea groups is 1. The van der Waals surface area contributed by atoms with Crippen LogP contribution in [0.4, 0.5) is 10.5 Å². The number of phenols is 2. The second-order valence-electron chi connectivity index (χ2n) is 6.12. The molecule has 2 rings (SSSR count). The first kappa shape index (κ1) is 19.4. The van der Waals surface area contributed by atoms with Gasteiger partial charge >= 0.3 is 6.03 Å². The van der Waals surface area contributed by atoms with Gasteiger partial charge in [0.25, 0.3) is 0 Å². The number of nitrogens with one attached hydrogen (secondary N) is 2. The molecule has 0 spiro atoms. The van der Waals surface area contributed by atoms with Gasteiger partial charge in [0.15, 0.2) is 11.5 Å². The molecule has 0 aliphatic rings. The summed E-state index contributed by atoms with van der Waals surface area (Å²) in [6.07, 6.45) is 2.65. The molecule has 2 aromatic rings. The fourth-order valence-corrected chi connectivity index (χ4v) is 2.45. The second-order valence-corrected chi connectivity index (χ2v) is 6.12. The van der Waals surface area contributed by atoms with Crippen molar-refractivity contribution in [1.29, 1.82) is 0 Å². The molecule has 0 saturated carbocycles. The van der Waals surface area contributed by atoms with E-state index >= 15 is 0 Å². The average molecular weight is 358 g/mol. The maximum absolute atomic E-state index is 12.0. The fraction of sp³-hybridized carbons (Fsp3) is 0.350. The summed E-state index contributed by atoms with van der Waals surface area (Å²) in [4.78, 5) is 12.0. The Morgan fingerprint density at radius 2 is 1.81 bits per heavy atom. The first-order valence-corrected chi connectivity index (χ1v) is 8.78. The number of aryl methyl sites for hydroxylation is 1. The Balaban J connectivity index is 1.77. The van der Waals surface area contributed by atoms with Crippen molar-refractivity contribution < 1.29 is 19.7 Å². The van der Waals surface area contributed by atoms with Crippen LogP contribution in [-0.4, -0.2) is 29.4 Å². The molecule has 0 aliphatic heterocycles. The summed E-state index contributed by atoms with van der Waals surface area (Å²) in [6, 6.07) is 9.97. The number of phenolic OH excluding ortho intramolecular Hbond substituents is 2. The van der Waals surface area contributed by atoms with Gasteiger partial charge in [0, 0.05) is 12.2 Å². The highest BCUT2D eigenvalue weighted by Crippen LogP contribution is 2.28.